The van der Waals surface area contributed by atoms with E-state index in [1.54, 1.807) is 12.1 Å². The van der Waals surface area contributed by atoms with Crippen LogP contribution in [0.2, 0.25) is 10.0 Å². The van der Waals surface area contributed by atoms with Gasteiger partial charge in [0.1, 0.15) is 0 Å². The molecule has 1 N–H and O–H groups in total. The Hall–Kier alpha value is -0.490. The maximum atomic E-state index is 12.8. The van der Waals surface area contributed by atoms with Crippen LogP contribution in [0.3, 0.4) is 0 Å². The molecule has 0 amide bonds. The minimum Gasteiger partial charge on any atom is -0.314 e. The number of alkyl halides is 3. The second-order valence-corrected chi connectivity index (χ2v) is 5.70. The Labute approximate surface area is 125 Å². The molecular formula is C13H15Cl2F3N2. The average molecular weight is 327 g/mol. The molecule has 1 fully saturated rings. The number of rotatable bonds is 3. The number of piperazine rings is 1. The molecule has 0 aromatic heterocycles. The first kappa shape index (κ1) is 15.9. The molecular weight excluding hydrogens is 312 g/mol. The lowest BCUT2D eigenvalue weighted by Crippen LogP contribution is -2.46. The minimum absolute atomic E-state index is 0.356. The highest BCUT2D eigenvalue weighted by atomic mass is 35.5. The molecule has 0 radical (unpaired) electrons. The summed E-state index contributed by atoms with van der Waals surface area (Å²) in [5.74, 6) is 0. The highest BCUT2D eigenvalue weighted by Crippen LogP contribution is 2.36. The summed E-state index contributed by atoms with van der Waals surface area (Å²) in [7, 11) is 0. The molecule has 0 aliphatic carbocycles. The lowest BCUT2D eigenvalue weighted by Gasteiger charge is -2.35. The normalized spacial score (nSPS) is 19.1. The van der Waals surface area contributed by atoms with Crippen molar-refractivity contribution in [1.82, 2.24) is 10.2 Å². The van der Waals surface area contributed by atoms with E-state index in [1.165, 1.54) is 6.07 Å². The van der Waals surface area contributed by atoms with Crippen LogP contribution >= 0.6 is 23.2 Å². The van der Waals surface area contributed by atoms with E-state index in [-0.39, 0.29) is 0 Å². The van der Waals surface area contributed by atoms with E-state index in [0.717, 1.165) is 0 Å². The molecule has 20 heavy (non-hydrogen) atoms. The highest BCUT2D eigenvalue weighted by Gasteiger charge is 2.36. The van der Waals surface area contributed by atoms with Crippen LogP contribution in [-0.4, -0.2) is 37.3 Å². The topological polar surface area (TPSA) is 15.3 Å². The molecule has 112 valence electrons. The van der Waals surface area contributed by atoms with Gasteiger partial charge in [-0.05, 0) is 23.8 Å². The fourth-order valence-electron chi connectivity index (χ4n) is 2.44. The zero-order chi connectivity index (χ0) is 14.8. The first-order valence-electron chi connectivity index (χ1n) is 6.33. The predicted molar refractivity (Wildman–Crippen MR) is 74.3 cm³/mol. The van der Waals surface area contributed by atoms with Gasteiger partial charge in [0, 0.05) is 42.3 Å². The van der Waals surface area contributed by atoms with E-state index in [2.05, 4.69) is 5.32 Å². The lowest BCUT2D eigenvalue weighted by atomic mass is 10.0. The number of nitrogens with zero attached hydrogens (tertiary/aromatic N) is 1. The standard InChI is InChI=1S/C13H15Cl2F3N2/c14-10-5-9(6-11(15)7-10)12(8-13(16,17)18)20-3-1-19-2-4-20/h5-7,12,19H,1-4,8H2/t12-/m0/s1. The van der Waals surface area contributed by atoms with Gasteiger partial charge in [0.25, 0.3) is 0 Å². The molecule has 1 aliphatic heterocycles. The molecule has 1 saturated heterocycles. The summed E-state index contributed by atoms with van der Waals surface area (Å²) in [6.45, 7) is 2.51. The molecule has 0 bridgehead atoms. The molecule has 0 spiro atoms. The van der Waals surface area contributed by atoms with Gasteiger partial charge in [0.2, 0.25) is 0 Å². The van der Waals surface area contributed by atoms with Crippen LogP contribution in [0.15, 0.2) is 18.2 Å². The van der Waals surface area contributed by atoms with Gasteiger partial charge < -0.3 is 5.32 Å². The quantitative estimate of drug-likeness (QED) is 0.906. The fraction of sp³-hybridized carbons (Fsp3) is 0.538. The van der Waals surface area contributed by atoms with Crippen molar-refractivity contribution in [3.63, 3.8) is 0 Å². The van der Waals surface area contributed by atoms with Crippen molar-refractivity contribution in [1.29, 1.82) is 0 Å². The monoisotopic (exact) mass is 326 g/mol. The third kappa shape index (κ3) is 4.52. The van der Waals surface area contributed by atoms with Gasteiger partial charge in [-0.15, -0.1) is 0 Å². The van der Waals surface area contributed by atoms with Crippen LogP contribution in [0.4, 0.5) is 13.2 Å². The molecule has 2 rings (SSSR count). The van der Waals surface area contributed by atoms with Crippen LogP contribution in [0.5, 0.6) is 0 Å². The molecule has 0 saturated carbocycles. The number of hydrogen-bond acceptors (Lipinski definition) is 2. The maximum Gasteiger partial charge on any atom is 0.390 e. The van der Waals surface area contributed by atoms with Crippen molar-refractivity contribution < 1.29 is 13.2 Å². The summed E-state index contributed by atoms with van der Waals surface area (Å²) in [4.78, 5) is 1.83. The van der Waals surface area contributed by atoms with E-state index < -0.39 is 18.6 Å². The Morgan fingerprint density at radius 1 is 1.10 bits per heavy atom. The van der Waals surface area contributed by atoms with Crippen LogP contribution in [0, 0.1) is 0 Å². The summed E-state index contributed by atoms with van der Waals surface area (Å²) >= 11 is 11.8. The molecule has 1 aromatic rings. The Morgan fingerprint density at radius 2 is 1.65 bits per heavy atom. The zero-order valence-corrected chi connectivity index (χ0v) is 12.2. The second-order valence-electron chi connectivity index (χ2n) is 4.82. The van der Waals surface area contributed by atoms with E-state index in [1.807, 2.05) is 4.90 Å². The first-order chi connectivity index (χ1) is 9.35. The van der Waals surface area contributed by atoms with Crippen molar-refractivity contribution in [3.05, 3.63) is 33.8 Å². The minimum atomic E-state index is -4.23. The predicted octanol–water partition coefficient (Wildman–Crippen LogP) is 3.89. The lowest BCUT2D eigenvalue weighted by molar-refractivity contribution is -0.148. The maximum absolute atomic E-state index is 12.8. The van der Waals surface area contributed by atoms with Crippen molar-refractivity contribution in [2.24, 2.45) is 0 Å². The van der Waals surface area contributed by atoms with Crippen LogP contribution in [-0.2, 0) is 0 Å². The van der Waals surface area contributed by atoms with Gasteiger partial charge in [0.05, 0.1) is 6.42 Å². The van der Waals surface area contributed by atoms with Gasteiger partial charge in [0.15, 0.2) is 0 Å². The molecule has 1 atom stereocenters. The van der Waals surface area contributed by atoms with E-state index in [9.17, 15) is 13.2 Å². The summed E-state index contributed by atoms with van der Waals surface area (Å²) < 4.78 is 38.5. The molecule has 1 aromatic carbocycles. The Kier molecular flexibility index (Phi) is 5.18. The number of halogens is 5. The van der Waals surface area contributed by atoms with E-state index in [4.69, 9.17) is 23.2 Å². The first-order valence-corrected chi connectivity index (χ1v) is 7.08. The highest BCUT2D eigenvalue weighted by molar-refractivity contribution is 6.34. The summed E-state index contributed by atoms with van der Waals surface area (Å²) in [5, 5.41) is 3.84. The van der Waals surface area contributed by atoms with Crippen LogP contribution < -0.4 is 5.32 Å². The SMILES string of the molecule is FC(F)(F)C[C@@H](c1cc(Cl)cc(Cl)c1)N1CCNCC1. The molecule has 1 aliphatic rings. The summed E-state index contributed by atoms with van der Waals surface area (Å²) in [6.07, 6.45) is -5.13. The molecule has 1 heterocycles. The van der Waals surface area contributed by atoms with Crippen LogP contribution in [0.1, 0.15) is 18.0 Å². The van der Waals surface area contributed by atoms with Crippen molar-refractivity contribution in [2.75, 3.05) is 26.2 Å². The smallest absolute Gasteiger partial charge is 0.314 e. The second kappa shape index (κ2) is 6.52. The van der Waals surface area contributed by atoms with Gasteiger partial charge >= 0.3 is 6.18 Å². The van der Waals surface area contributed by atoms with E-state index in [0.29, 0.717) is 41.8 Å². The number of nitrogens with one attached hydrogen (secondary N) is 1. The third-order valence-corrected chi connectivity index (χ3v) is 3.72. The largest absolute Gasteiger partial charge is 0.390 e. The number of benzene rings is 1. The Bertz CT molecular complexity index is 439. The Morgan fingerprint density at radius 3 is 2.15 bits per heavy atom. The van der Waals surface area contributed by atoms with Crippen molar-refractivity contribution >= 4 is 23.2 Å². The molecule has 0 unspecified atom stereocenters. The number of hydrogen-bond donors (Lipinski definition) is 1. The molecule has 2 nitrogen and oxygen atoms in total. The van der Waals surface area contributed by atoms with Gasteiger partial charge in [-0.2, -0.15) is 13.2 Å². The third-order valence-electron chi connectivity index (χ3n) is 3.29. The summed E-state index contributed by atoms with van der Waals surface area (Å²) in [5.41, 5.74) is 0.515. The summed E-state index contributed by atoms with van der Waals surface area (Å²) in [6, 6.07) is 3.90. The van der Waals surface area contributed by atoms with Gasteiger partial charge in [-0.3, -0.25) is 4.90 Å². The average Bonchev–Trinajstić information content (AvgIpc) is 2.35. The molecule has 7 heteroatoms. The van der Waals surface area contributed by atoms with Gasteiger partial charge in [-0.25, -0.2) is 0 Å². The van der Waals surface area contributed by atoms with Crippen molar-refractivity contribution in [3.8, 4) is 0 Å². The zero-order valence-electron chi connectivity index (χ0n) is 10.7. The van der Waals surface area contributed by atoms with Gasteiger partial charge in [-0.1, -0.05) is 23.2 Å². The Balaban J connectivity index is 2.29. The fourth-order valence-corrected chi connectivity index (χ4v) is 2.98. The van der Waals surface area contributed by atoms with Crippen LogP contribution in [0.25, 0.3) is 0 Å². The van der Waals surface area contributed by atoms with Crippen molar-refractivity contribution in [2.45, 2.75) is 18.6 Å². The van der Waals surface area contributed by atoms with E-state index >= 15 is 0 Å².